The second-order valence-electron chi connectivity index (χ2n) is 4.62. The molecule has 0 radical (unpaired) electrons. The number of nitrogens with one attached hydrogen (secondary N) is 1. The summed E-state index contributed by atoms with van der Waals surface area (Å²) < 4.78 is 5.35. The van der Waals surface area contributed by atoms with Gasteiger partial charge in [0.05, 0.1) is 0 Å². The first kappa shape index (κ1) is 15.7. The summed E-state index contributed by atoms with van der Waals surface area (Å²) in [4.78, 5) is 11.6. The Morgan fingerprint density at radius 3 is 2.50 bits per heavy atom. The van der Waals surface area contributed by atoms with Gasteiger partial charge in [-0.3, -0.25) is 4.79 Å². The van der Waals surface area contributed by atoms with Gasteiger partial charge >= 0.3 is 5.97 Å². The number of carbonyl (C=O) groups excluding carboxylic acids is 1. The van der Waals surface area contributed by atoms with Gasteiger partial charge in [-0.05, 0) is 38.3 Å². The van der Waals surface area contributed by atoms with E-state index in [2.05, 4.69) is 19.2 Å². The molecule has 1 aliphatic rings. The van der Waals surface area contributed by atoms with Gasteiger partial charge < -0.3 is 15.8 Å². The first-order valence-electron chi connectivity index (χ1n) is 5.76. The lowest BCUT2D eigenvalue weighted by molar-refractivity contribution is -0.152. The van der Waals surface area contributed by atoms with E-state index in [1.807, 2.05) is 0 Å². The minimum atomic E-state index is -0.458. The topological polar surface area (TPSA) is 64.4 Å². The molecule has 0 spiro atoms. The Bertz CT molecular complexity index is 206. The van der Waals surface area contributed by atoms with Crippen LogP contribution in [0, 0.1) is 5.92 Å². The van der Waals surface area contributed by atoms with E-state index in [1.165, 1.54) is 0 Å². The molecule has 16 heavy (non-hydrogen) atoms. The molecule has 1 atom stereocenters. The van der Waals surface area contributed by atoms with Gasteiger partial charge in [0.2, 0.25) is 0 Å². The van der Waals surface area contributed by atoms with Crippen LogP contribution in [-0.4, -0.2) is 31.2 Å². The second kappa shape index (κ2) is 7.87. The second-order valence-corrected chi connectivity index (χ2v) is 4.62. The summed E-state index contributed by atoms with van der Waals surface area (Å²) in [5.74, 6) is 0.191. The fourth-order valence-electron chi connectivity index (χ4n) is 1.77. The average Bonchev–Trinajstić information content (AvgIpc) is 2.18. The molecule has 5 heteroatoms. The molecule has 0 bridgehead atoms. The maximum atomic E-state index is 11.6. The highest BCUT2D eigenvalue weighted by Crippen LogP contribution is 2.10. The van der Waals surface area contributed by atoms with Crippen molar-refractivity contribution in [3.8, 4) is 0 Å². The third-order valence-corrected chi connectivity index (χ3v) is 2.60. The Labute approximate surface area is 104 Å². The molecular weight excluding hydrogens is 228 g/mol. The Kier molecular flexibility index (Phi) is 7.72. The van der Waals surface area contributed by atoms with Gasteiger partial charge in [-0.15, -0.1) is 12.4 Å². The standard InChI is InChI=1S/C11H22N2O2.ClH/c1-8(2)7-10(12)11(14)15-9-3-5-13-6-4-9;/h8-10,13H,3-7,12H2,1-2H3;1H/t10-;/m1./s1. The van der Waals surface area contributed by atoms with Crippen molar-refractivity contribution in [1.82, 2.24) is 5.32 Å². The van der Waals surface area contributed by atoms with E-state index in [0.717, 1.165) is 25.9 Å². The third-order valence-electron chi connectivity index (χ3n) is 2.60. The van der Waals surface area contributed by atoms with Crippen molar-refractivity contribution in [3.05, 3.63) is 0 Å². The molecule has 0 unspecified atom stereocenters. The van der Waals surface area contributed by atoms with E-state index < -0.39 is 6.04 Å². The van der Waals surface area contributed by atoms with Crippen LogP contribution in [0.15, 0.2) is 0 Å². The minimum Gasteiger partial charge on any atom is -0.461 e. The molecule has 1 aliphatic heterocycles. The lowest BCUT2D eigenvalue weighted by Crippen LogP contribution is -2.39. The SMILES string of the molecule is CC(C)C[C@@H](N)C(=O)OC1CCNCC1.Cl. The summed E-state index contributed by atoms with van der Waals surface area (Å²) in [6, 6.07) is -0.458. The maximum Gasteiger partial charge on any atom is 0.323 e. The number of rotatable bonds is 4. The molecule has 1 fully saturated rings. The van der Waals surface area contributed by atoms with Crippen LogP contribution in [0.4, 0.5) is 0 Å². The van der Waals surface area contributed by atoms with Crippen molar-refractivity contribution in [1.29, 1.82) is 0 Å². The van der Waals surface area contributed by atoms with Crippen molar-refractivity contribution in [3.63, 3.8) is 0 Å². The van der Waals surface area contributed by atoms with Crippen LogP contribution in [0.5, 0.6) is 0 Å². The van der Waals surface area contributed by atoms with Crippen LogP contribution in [0.25, 0.3) is 0 Å². The Morgan fingerprint density at radius 2 is 2.00 bits per heavy atom. The van der Waals surface area contributed by atoms with Crippen LogP contribution in [0.2, 0.25) is 0 Å². The molecule has 0 aromatic carbocycles. The summed E-state index contributed by atoms with van der Waals surface area (Å²) in [6.45, 7) is 5.96. The van der Waals surface area contributed by atoms with Gasteiger partial charge in [-0.1, -0.05) is 13.8 Å². The monoisotopic (exact) mass is 250 g/mol. The Hall–Kier alpha value is -0.320. The molecule has 1 rings (SSSR count). The zero-order valence-electron chi connectivity index (χ0n) is 10.1. The van der Waals surface area contributed by atoms with Crippen LogP contribution >= 0.6 is 12.4 Å². The number of ether oxygens (including phenoxy) is 1. The molecule has 0 amide bonds. The molecule has 96 valence electrons. The van der Waals surface area contributed by atoms with E-state index in [0.29, 0.717) is 12.3 Å². The Balaban J connectivity index is 0.00000225. The summed E-state index contributed by atoms with van der Waals surface area (Å²) >= 11 is 0. The highest BCUT2D eigenvalue weighted by atomic mass is 35.5. The largest absolute Gasteiger partial charge is 0.461 e. The van der Waals surface area contributed by atoms with Crippen LogP contribution < -0.4 is 11.1 Å². The van der Waals surface area contributed by atoms with Gasteiger partial charge in [0.15, 0.2) is 0 Å². The zero-order chi connectivity index (χ0) is 11.3. The molecule has 0 aliphatic carbocycles. The van der Waals surface area contributed by atoms with Crippen LogP contribution in [0.1, 0.15) is 33.1 Å². The van der Waals surface area contributed by atoms with E-state index >= 15 is 0 Å². The fourth-order valence-corrected chi connectivity index (χ4v) is 1.77. The number of nitrogens with two attached hydrogens (primary N) is 1. The summed E-state index contributed by atoms with van der Waals surface area (Å²) in [6.07, 6.45) is 2.57. The number of hydrogen-bond acceptors (Lipinski definition) is 4. The number of halogens is 1. The smallest absolute Gasteiger partial charge is 0.323 e. The van der Waals surface area contributed by atoms with Crippen molar-refractivity contribution >= 4 is 18.4 Å². The normalized spacial score (nSPS) is 19.0. The van der Waals surface area contributed by atoms with Crippen LogP contribution in [0.3, 0.4) is 0 Å². The maximum absolute atomic E-state index is 11.6. The van der Waals surface area contributed by atoms with Crippen LogP contribution in [-0.2, 0) is 9.53 Å². The van der Waals surface area contributed by atoms with E-state index in [4.69, 9.17) is 10.5 Å². The number of esters is 1. The number of piperidine rings is 1. The summed E-state index contributed by atoms with van der Waals surface area (Å²) in [5.41, 5.74) is 5.75. The summed E-state index contributed by atoms with van der Waals surface area (Å²) in [7, 11) is 0. The van der Waals surface area contributed by atoms with Crippen molar-refractivity contribution in [2.75, 3.05) is 13.1 Å². The van der Waals surface area contributed by atoms with E-state index in [9.17, 15) is 4.79 Å². The van der Waals surface area contributed by atoms with Gasteiger partial charge in [0.25, 0.3) is 0 Å². The minimum absolute atomic E-state index is 0. The molecule has 0 aromatic heterocycles. The van der Waals surface area contributed by atoms with Gasteiger partial charge in [-0.2, -0.15) is 0 Å². The molecule has 0 saturated carbocycles. The van der Waals surface area contributed by atoms with Gasteiger partial charge in [-0.25, -0.2) is 0 Å². The lowest BCUT2D eigenvalue weighted by atomic mass is 10.0. The molecule has 1 heterocycles. The van der Waals surface area contributed by atoms with Crippen molar-refractivity contribution < 1.29 is 9.53 Å². The molecule has 0 aromatic rings. The molecule has 4 nitrogen and oxygen atoms in total. The van der Waals surface area contributed by atoms with Crippen molar-refractivity contribution in [2.24, 2.45) is 11.7 Å². The fraction of sp³-hybridized carbons (Fsp3) is 0.909. The number of carbonyl (C=O) groups is 1. The molecular formula is C11H23ClN2O2. The predicted octanol–water partition coefficient (Wildman–Crippen LogP) is 1.08. The molecule has 1 saturated heterocycles. The lowest BCUT2D eigenvalue weighted by Gasteiger charge is -2.24. The zero-order valence-corrected chi connectivity index (χ0v) is 10.9. The van der Waals surface area contributed by atoms with Gasteiger partial charge in [0, 0.05) is 0 Å². The average molecular weight is 251 g/mol. The first-order chi connectivity index (χ1) is 7.09. The molecule has 3 N–H and O–H groups in total. The highest BCUT2D eigenvalue weighted by Gasteiger charge is 2.22. The first-order valence-corrected chi connectivity index (χ1v) is 5.76. The van der Waals surface area contributed by atoms with Gasteiger partial charge in [0.1, 0.15) is 12.1 Å². The van der Waals surface area contributed by atoms with E-state index in [1.54, 1.807) is 0 Å². The predicted molar refractivity (Wildman–Crippen MR) is 66.7 cm³/mol. The van der Waals surface area contributed by atoms with Crippen molar-refractivity contribution in [2.45, 2.75) is 45.3 Å². The highest BCUT2D eigenvalue weighted by molar-refractivity contribution is 5.85. The summed E-state index contributed by atoms with van der Waals surface area (Å²) in [5, 5.41) is 3.23. The Morgan fingerprint density at radius 1 is 1.44 bits per heavy atom. The quantitative estimate of drug-likeness (QED) is 0.733. The third kappa shape index (κ3) is 5.68. The van der Waals surface area contributed by atoms with E-state index in [-0.39, 0.29) is 24.5 Å². The number of hydrogen-bond donors (Lipinski definition) is 2.